The molecule has 82 valence electrons. The molecule has 1 nitrogen and oxygen atoms in total. The Kier molecular flexibility index (Phi) is 2.81. The second-order valence-electron chi connectivity index (χ2n) is 3.92. The van der Waals surface area contributed by atoms with Crippen molar-refractivity contribution >= 4 is 33.4 Å². The molecule has 0 amide bonds. The lowest BCUT2D eigenvalue weighted by Gasteiger charge is -2.06. The van der Waals surface area contributed by atoms with E-state index in [9.17, 15) is 0 Å². The summed E-state index contributed by atoms with van der Waals surface area (Å²) in [7, 11) is 0. The minimum Gasteiger partial charge on any atom is -0.264 e. The highest BCUT2D eigenvalue weighted by Gasteiger charge is 2.03. The van der Waals surface area contributed by atoms with Crippen LogP contribution in [0.3, 0.4) is 0 Å². The van der Waals surface area contributed by atoms with E-state index >= 15 is 0 Å². The van der Waals surface area contributed by atoms with Crippen LogP contribution in [-0.2, 0) is 0 Å². The third-order valence-corrected chi connectivity index (χ3v) is 3.70. The fourth-order valence-electron chi connectivity index (χ4n) is 1.95. The van der Waals surface area contributed by atoms with Crippen molar-refractivity contribution in [1.29, 1.82) is 0 Å². The van der Waals surface area contributed by atoms with Crippen molar-refractivity contribution in [3.63, 3.8) is 0 Å². The summed E-state index contributed by atoms with van der Waals surface area (Å²) in [5.41, 5.74) is 2.51. The zero-order chi connectivity index (χ0) is 11.7. The van der Waals surface area contributed by atoms with Gasteiger partial charge >= 0.3 is 0 Å². The van der Waals surface area contributed by atoms with Gasteiger partial charge in [-0.05, 0) is 57.3 Å². The number of aromatic nitrogens is 1. The Labute approximate surface area is 114 Å². The van der Waals surface area contributed by atoms with Gasteiger partial charge in [-0.15, -0.1) is 0 Å². The molecular weight excluding hydrogens is 321 g/mol. The number of hydrogen-bond donors (Lipinski definition) is 0. The summed E-state index contributed by atoms with van der Waals surface area (Å²) in [6, 6.07) is 16.9. The maximum absolute atomic E-state index is 4.17. The van der Waals surface area contributed by atoms with Crippen molar-refractivity contribution in [2.24, 2.45) is 0 Å². The molecule has 1 aromatic heterocycles. The van der Waals surface area contributed by atoms with E-state index < -0.39 is 0 Å². The van der Waals surface area contributed by atoms with E-state index in [1.807, 2.05) is 18.5 Å². The summed E-state index contributed by atoms with van der Waals surface area (Å²) in [5, 5.41) is 2.46. The van der Waals surface area contributed by atoms with E-state index in [0.717, 1.165) is 0 Å². The van der Waals surface area contributed by atoms with Gasteiger partial charge in [-0.1, -0.05) is 30.3 Å². The van der Waals surface area contributed by atoms with Crippen LogP contribution < -0.4 is 0 Å². The number of rotatable bonds is 1. The minimum absolute atomic E-state index is 1.22. The van der Waals surface area contributed by atoms with E-state index in [4.69, 9.17) is 0 Å². The van der Waals surface area contributed by atoms with Gasteiger partial charge in [-0.3, -0.25) is 4.98 Å². The first-order chi connectivity index (χ1) is 8.34. The van der Waals surface area contributed by atoms with Gasteiger partial charge in [0.25, 0.3) is 0 Å². The Morgan fingerprint density at radius 1 is 0.882 bits per heavy atom. The second-order valence-corrected chi connectivity index (χ2v) is 5.08. The van der Waals surface area contributed by atoms with Crippen LogP contribution in [0, 0.1) is 3.57 Å². The Hall–Kier alpha value is -1.42. The Morgan fingerprint density at radius 2 is 1.71 bits per heavy atom. The van der Waals surface area contributed by atoms with E-state index in [2.05, 4.69) is 70.0 Å². The van der Waals surface area contributed by atoms with Gasteiger partial charge in [0, 0.05) is 21.4 Å². The zero-order valence-corrected chi connectivity index (χ0v) is 11.3. The predicted octanol–water partition coefficient (Wildman–Crippen LogP) is 4.51. The van der Waals surface area contributed by atoms with E-state index in [1.54, 1.807) is 0 Å². The SMILES string of the molecule is Ic1cc(-c2ccccc2)cc2ccncc12. The molecule has 0 radical (unpaired) electrons. The Morgan fingerprint density at radius 3 is 2.53 bits per heavy atom. The summed E-state index contributed by atoms with van der Waals surface area (Å²) < 4.78 is 1.24. The van der Waals surface area contributed by atoms with Gasteiger partial charge < -0.3 is 0 Å². The Bertz CT molecular complexity index is 662. The number of pyridine rings is 1. The predicted molar refractivity (Wildman–Crippen MR) is 79.9 cm³/mol. The molecule has 0 atom stereocenters. The molecule has 2 aromatic carbocycles. The molecule has 0 spiro atoms. The smallest absolute Gasteiger partial charge is 0.0357 e. The molecule has 3 aromatic rings. The number of nitrogens with zero attached hydrogens (tertiary/aromatic N) is 1. The van der Waals surface area contributed by atoms with Crippen LogP contribution in [0.25, 0.3) is 21.9 Å². The molecule has 0 aliphatic heterocycles. The summed E-state index contributed by atoms with van der Waals surface area (Å²) in [5.74, 6) is 0. The molecule has 17 heavy (non-hydrogen) atoms. The summed E-state index contributed by atoms with van der Waals surface area (Å²) in [4.78, 5) is 4.17. The number of halogens is 1. The van der Waals surface area contributed by atoms with E-state index in [1.165, 1.54) is 25.5 Å². The average molecular weight is 331 g/mol. The fourth-order valence-corrected chi connectivity index (χ4v) is 2.74. The summed E-state index contributed by atoms with van der Waals surface area (Å²) in [6.45, 7) is 0. The lowest BCUT2D eigenvalue weighted by Crippen LogP contribution is -1.83. The lowest BCUT2D eigenvalue weighted by molar-refractivity contribution is 1.36. The molecule has 0 bridgehead atoms. The molecule has 0 fully saturated rings. The van der Waals surface area contributed by atoms with Gasteiger partial charge in [0.1, 0.15) is 0 Å². The molecule has 0 aliphatic rings. The largest absolute Gasteiger partial charge is 0.264 e. The van der Waals surface area contributed by atoms with Crippen LogP contribution in [-0.4, -0.2) is 4.98 Å². The first-order valence-electron chi connectivity index (χ1n) is 5.43. The molecule has 0 unspecified atom stereocenters. The van der Waals surface area contributed by atoms with Gasteiger partial charge in [0.15, 0.2) is 0 Å². The van der Waals surface area contributed by atoms with Crippen molar-refractivity contribution in [2.75, 3.05) is 0 Å². The molecule has 0 aliphatic carbocycles. The van der Waals surface area contributed by atoms with E-state index in [0.29, 0.717) is 0 Å². The number of hydrogen-bond acceptors (Lipinski definition) is 1. The van der Waals surface area contributed by atoms with Crippen LogP contribution in [0.15, 0.2) is 60.9 Å². The third-order valence-electron chi connectivity index (χ3n) is 2.81. The van der Waals surface area contributed by atoms with Gasteiger partial charge in [-0.2, -0.15) is 0 Å². The highest BCUT2D eigenvalue weighted by Crippen LogP contribution is 2.27. The van der Waals surface area contributed by atoms with Crippen LogP contribution in [0.1, 0.15) is 0 Å². The molecule has 2 heteroatoms. The van der Waals surface area contributed by atoms with Gasteiger partial charge in [0.2, 0.25) is 0 Å². The number of fused-ring (bicyclic) bond motifs is 1. The van der Waals surface area contributed by atoms with E-state index in [-0.39, 0.29) is 0 Å². The second kappa shape index (κ2) is 4.45. The molecule has 0 saturated heterocycles. The molecular formula is C15H10IN. The quantitative estimate of drug-likeness (QED) is 0.598. The first kappa shape index (κ1) is 10.7. The van der Waals surface area contributed by atoms with Crippen LogP contribution in [0.5, 0.6) is 0 Å². The topological polar surface area (TPSA) is 12.9 Å². The highest BCUT2D eigenvalue weighted by atomic mass is 127. The van der Waals surface area contributed by atoms with Gasteiger partial charge in [0.05, 0.1) is 0 Å². The summed E-state index contributed by atoms with van der Waals surface area (Å²) in [6.07, 6.45) is 3.76. The van der Waals surface area contributed by atoms with Crippen LogP contribution in [0.2, 0.25) is 0 Å². The highest BCUT2D eigenvalue weighted by molar-refractivity contribution is 14.1. The zero-order valence-electron chi connectivity index (χ0n) is 9.10. The van der Waals surface area contributed by atoms with Crippen molar-refractivity contribution in [2.45, 2.75) is 0 Å². The monoisotopic (exact) mass is 331 g/mol. The minimum atomic E-state index is 1.22. The third kappa shape index (κ3) is 2.05. The average Bonchev–Trinajstić information content (AvgIpc) is 2.40. The molecule has 3 rings (SSSR count). The van der Waals surface area contributed by atoms with Crippen LogP contribution in [0.4, 0.5) is 0 Å². The first-order valence-corrected chi connectivity index (χ1v) is 6.51. The maximum Gasteiger partial charge on any atom is 0.0357 e. The van der Waals surface area contributed by atoms with Gasteiger partial charge in [-0.25, -0.2) is 0 Å². The Balaban J connectivity index is 2.26. The summed E-state index contributed by atoms with van der Waals surface area (Å²) >= 11 is 2.37. The standard InChI is InChI=1S/C15H10IN/c16-15-9-13(11-4-2-1-3-5-11)8-12-6-7-17-10-14(12)15/h1-10H. The maximum atomic E-state index is 4.17. The molecule has 1 heterocycles. The van der Waals surface area contributed by atoms with Crippen molar-refractivity contribution in [3.8, 4) is 11.1 Å². The molecule has 0 N–H and O–H groups in total. The lowest BCUT2D eigenvalue weighted by atomic mass is 10.0. The normalized spacial score (nSPS) is 10.6. The van der Waals surface area contributed by atoms with Crippen LogP contribution >= 0.6 is 22.6 Å². The number of benzene rings is 2. The van der Waals surface area contributed by atoms with Crippen molar-refractivity contribution < 1.29 is 0 Å². The van der Waals surface area contributed by atoms with Crippen molar-refractivity contribution in [1.82, 2.24) is 4.98 Å². The van der Waals surface area contributed by atoms with Crippen molar-refractivity contribution in [3.05, 3.63) is 64.5 Å². The fraction of sp³-hybridized carbons (Fsp3) is 0. The molecule has 0 saturated carbocycles.